The van der Waals surface area contributed by atoms with Crippen LogP contribution in [0, 0.1) is 0 Å². The lowest BCUT2D eigenvalue weighted by Crippen LogP contribution is -2.23. The van der Waals surface area contributed by atoms with Crippen LogP contribution in [0.5, 0.6) is 0 Å². The molecule has 1 heteroatoms. The van der Waals surface area contributed by atoms with E-state index in [-0.39, 0.29) is 5.41 Å². The summed E-state index contributed by atoms with van der Waals surface area (Å²) < 4.78 is 2.52. The summed E-state index contributed by atoms with van der Waals surface area (Å²) in [6.45, 7) is 4.75. The molecular formula is C39H27N. The number of benzene rings is 7. The standard InChI is InChI=1S/C39H27N/c1-39(2)31-19-9-7-17-29(31)38-36-25(13-11-20-32(36)39)23-35-37(38)30-18-8-10-21-33(30)40(35)34-22-24-12-3-4-14-26(24)27-15-5-6-16-28(27)34/h3-23H,1-2H3. The molecule has 0 aliphatic heterocycles. The van der Waals surface area contributed by atoms with Crippen LogP contribution in [-0.2, 0) is 5.41 Å². The molecule has 0 radical (unpaired) electrons. The molecule has 40 heavy (non-hydrogen) atoms. The summed E-state index contributed by atoms with van der Waals surface area (Å²) in [7, 11) is 0. The average Bonchev–Trinajstić information content (AvgIpc) is 3.32. The maximum Gasteiger partial charge on any atom is 0.0554 e. The molecule has 0 fully saturated rings. The van der Waals surface area contributed by atoms with Gasteiger partial charge in [-0.25, -0.2) is 0 Å². The van der Waals surface area contributed by atoms with Gasteiger partial charge in [-0.05, 0) is 61.8 Å². The highest BCUT2D eigenvalue weighted by atomic mass is 15.0. The van der Waals surface area contributed by atoms with Gasteiger partial charge in [0.15, 0.2) is 0 Å². The number of fused-ring (bicyclic) bond motifs is 9. The highest BCUT2D eigenvalue weighted by molar-refractivity contribution is 6.25. The Bertz CT molecular complexity index is 2350. The van der Waals surface area contributed by atoms with Gasteiger partial charge in [0, 0.05) is 27.1 Å². The lowest BCUT2D eigenvalue weighted by molar-refractivity contribution is 0.645. The molecule has 8 aromatic rings. The lowest BCUT2D eigenvalue weighted by atomic mass is 9.68. The van der Waals surface area contributed by atoms with Crippen molar-refractivity contribution in [1.82, 2.24) is 4.57 Å². The summed E-state index contributed by atoms with van der Waals surface area (Å²) in [5.74, 6) is 0. The first kappa shape index (κ1) is 22.0. The largest absolute Gasteiger partial charge is 0.309 e. The molecular weight excluding hydrogens is 482 g/mol. The Kier molecular flexibility index (Phi) is 4.18. The summed E-state index contributed by atoms with van der Waals surface area (Å²) in [5, 5.41) is 10.5. The molecule has 0 N–H and O–H groups in total. The molecule has 0 amide bonds. The maximum absolute atomic E-state index is 2.52. The third-order valence-electron chi connectivity index (χ3n) is 9.33. The smallest absolute Gasteiger partial charge is 0.0554 e. The normalized spacial score (nSPS) is 13.9. The van der Waals surface area contributed by atoms with Crippen molar-refractivity contribution in [2.75, 3.05) is 0 Å². The molecule has 9 rings (SSSR count). The van der Waals surface area contributed by atoms with Crippen LogP contribution in [0.1, 0.15) is 25.0 Å². The van der Waals surface area contributed by atoms with E-state index >= 15 is 0 Å². The Labute approximate surface area is 232 Å². The molecule has 1 aliphatic rings. The summed E-state index contributed by atoms with van der Waals surface area (Å²) in [6.07, 6.45) is 0. The van der Waals surface area contributed by atoms with E-state index in [1.165, 1.54) is 82.1 Å². The Morgan fingerprint density at radius 1 is 0.475 bits per heavy atom. The summed E-state index contributed by atoms with van der Waals surface area (Å²) in [4.78, 5) is 0. The van der Waals surface area contributed by atoms with Crippen LogP contribution in [0.15, 0.2) is 127 Å². The fraction of sp³-hybridized carbons (Fsp3) is 0.0769. The van der Waals surface area contributed by atoms with Gasteiger partial charge in [-0.3, -0.25) is 0 Å². The molecule has 188 valence electrons. The number of hydrogen-bond donors (Lipinski definition) is 0. The van der Waals surface area contributed by atoms with Crippen molar-refractivity contribution in [3.63, 3.8) is 0 Å². The van der Waals surface area contributed by atoms with Gasteiger partial charge in [0.25, 0.3) is 0 Å². The average molecular weight is 510 g/mol. The minimum Gasteiger partial charge on any atom is -0.309 e. The molecule has 1 aliphatic carbocycles. The Morgan fingerprint density at radius 2 is 1.12 bits per heavy atom. The highest BCUT2D eigenvalue weighted by Crippen LogP contribution is 2.53. The quantitative estimate of drug-likeness (QED) is 0.194. The Hall–Kier alpha value is -4.88. The van der Waals surface area contributed by atoms with Gasteiger partial charge in [-0.1, -0.05) is 123 Å². The van der Waals surface area contributed by atoms with Crippen LogP contribution >= 0.6 is 0 Å². The van der Waals surface area contributed by atoms with Crippen LogP contribution in [0.25, 0.3) is 70.9 Å². The van der Waals surface area contributed by atoms with Crippen LogP contribution in [0.4, 0.5) is 0 Å². The van der Waals surface area contributed by atoms with Gasteiger partial charge in [0.05, 0.1) is 16.7 Å². The molecule has 0 atom stereocenters. The molecule has 0 unspecified atom stereocenters. The van der Waals surface area contributed by atoms with Crippen LogP contribution < -0.4 is 0 Å². The van der Waals surface area contributed by atoms with Gasteiger partial charge in [0.1, 0.15) is 0 Å². The van der Waals surface area contributed by atoms with Crippen molar-refractivity contribution >= 4 is 54.1 Å². The van der Waals surface area contributed by atoms with E-state index in [0.29, 0.717) is 0 Å². The highest BCUT2D eigenvalue weighted by Gasteiger charge is 2.35. The first-order valence-electron chi connectivity index (χ1n) is 14.1. The van der Waals surface area contributed by atoms with Gasteiger partial charge in [-0.2, -0.15) is 0 Å². The minimum atomic E-state index is -0.0658. The zero-order valence-electron chi connectivity index (χ0n) is 22.6. The fourth-order valence-electron chi connectivity index (χ4n) is 7.56. The molecule has 1 nitrogen and oxygen atoms in total. The second-order valence-electron chi connectivity index (χ2n) is 11.7. The van der Waals surface area contributed by atoms with E-state index in [2.05, 4.69) is 146 Å². The van der Waals surface area contributed by atoms with Crippen molar-refractivity contribution in [3.8, 4) is 16.8 Å². The Morgan fingerprint density at radius 3 is 2.00 bits per heavy atom. The zero-order chi connectivity index (χ0) is 26.6. The second kappa shape index (κ2) is 7.61. The number of aromatic nitrogens is 1. The van der Waals surface area contributed by atoms with Crippen molar-refractivity contribution in [2.24, 2.45) is 0 Å². The van der Waals surface area contributed by atoms with E-state index in [4.69, 9.17) is 0 Å². The third kappa shape index (κ3) is 2.67. The zero-order valence-corrected chi connectivity index (χ0v) is 22.6. The molecule has 7 aromatic carbocycles. The fourth-order valence-corrected chi connectivity index (χ4v) is 7.56. The maximum atomic E-state index is 2.52. The van der Waals surface area contributed by atoms with E-state index in [9.17, 15) is 0 Å². The van der Waals surface area contributed by atoms with Crippen molar-refractivity contribution in [1.29, 1.82) is 0 Å². The van der Waals surface area contributed by atoms with E-state index < -0.39 is 0 Å². The lowest BCUT2D eigenvalue weighted by Gasteiger charge is -2.35. The molecule has 0 spiro atoms. The van der Waals surface area contributed by atoms with Crippen LogP contribution in [-0.4, -0.2) is 4.57 Å². The number of nitrogens with zero attached hydrogens (tertiary/aromatic N) is 1. The van der Waals surface area contributed by atoms with Gasteiger partial charge < -0.3 is 4.57 Å². The van der Waals surface area contributed by atoms with Crippen LogP contribution in [0.3, 0.4) is 0 Å². The van der Waals surface area contributed by atoms with Crippen LogP contribution in [0.2, 0.25) is 0 Å². The summed E-state index contributed by atoms with van der Waals surface area (Å²) >= 11 is 0. The number of hydrogen-bond acceptors (Lipinski definition) is 0. The second-order valence-corrected chi connectivity index (χ2v) is 11.7. The van der Waals surface area contributed by atoms with E-state index in [1.807, 2.05) is 0 Å². The molecule has 1 aromatic heterocycles. The van der Waals surface area contributed by atoms with Crippen molar-refractivity contribution in [3.05, 3.63) is 139 Å². The minimum absolute atomic E-state index is 0.0658. The molecule has 0 saturated heterocycles. The molecule has 1 heterocycles. The van der Waals surface area contributed by atoms with Gasteiger partial charge in [0.2, 0.25) is 0 Å². The topological polar surface area (TPSA) is 4.93 Å². The Balaban J connectivity index is 1.55. The van der Waals surface area contributed by atoms with Gasteiger partial charge in [-0.15, -0.1) is 0 Å². The first-order chi connectivity index (χ1) is 19.6. The third-order valence-corrected chi connectivity index (χ3v) is 9.33. The van der Waals surface area contributed by atoms with Gasteiger partial charge >= 0.3 is 0 Å². The molecule has 0 bridgehead atoms. The summed E-state index contributed by atoms with van der Waals surface area (Å²) in [6, 6.07) is 47.3. The SMILES string of the molecule is CC1(C)c2ccccc2-c2c3c1cccc3cc1c2c2ccccc2n1-c1cc2ccccc2c2ccccc12. The predicted molar refractivity (Wildman–Crippen MR) is 171 cm³/mol. The summed E-state index contributed by atoms with van der Waals surface area (Å²) in [5.41, 5.74) is 9.20. The predicted octanol–water partition coefficient (Wildman–Crippen LogP) is 10.5. The van der Waals surface area contributed by atoms with Crippen molar-refractivity contribution in [2.45, 2.75) is 19.3 Å². The number of para-hydroxylation sites is 1. The number of rotatable bonds is 1. The molecule has 0 saturated carbocycles. The first-order valence-corrected chi connectivity index (χ1v) is 14.1. The van der Waals surface area contributed by atoms with E-state index in [1.54, 1.807) is 0 Å². The van der Waals surface area contributed by atoms with Crippen molar-refractivity contribution < 1.29 is 0 Å². The monoisotopic (exact) mass is 509 g/mol. The van der Waals surface area contributed by atoms with E-state index in [0.717, 1.165) is 0 Å².